The van der Waals surface area contributed by atoms with Crippen LogP contribution in [0.15, 0.2) is 0 Å². The lowest BCUT2D eigenvalue weighted by molar-refractivity contribution is 0.311. The van der Waals surface area contributed by atoms with Crippen LogP contribution >= 0.6 is 0 Å². The van der Waals surface area contributed by atoms with Crippen molar-refractivity contribution >= 4 is 0 Å². The predicted octanol–water partition coefficient (Wildman–Crippen LogP) is 2.11. The molecule has 2 aliphatic rings. The molecule has 0 radical (unpaired) electrons. The molecule has 0 amide bonds. The molecule has 1 heterocycles. The second-order valence-corrected chi connectivity index (χ2v) is 5.39. The van der Waals surface area contributed by atoms with Crippen LogP contribution in [0.25, 0.3) is 0 Å². The van der Waals surface area contributed by atoms with Gasteiger partial charge in [0, 0.05) is 6.54 Å². The summed E-state index contributed by atoms with van der Waals surface area (Å²) in [6.07, 6.45) is 7.17. The third-order valence-corrected chi connectivity index (χ3v) is 3.78. The molecule has 2 rings (SSSR count). The second kappa shape index (κ2) is 5.86. The highest BCUT2D eigenvalue weighted by atomic mass is 15.1. The van der Waals surface area contributed by atoms with Crippen molar-refractivity contribution in [1.29, 1.82) is 0 Å². The first-order chi connectivity index (χ1) is 7.38. The van der Waals surface area contributed by atoms with Crippen molar-refractivity contribution in [3.8, 4) is 0 Å². The fourth-order valence-electron chi connectivity index (χ4n) is 2.54. The van der Waals surface area contributed by atoms with E-state index in [1.54, 1.807) is 0 Å². The van der Waals surface area contributed by atoms with E-state index in [-0.39, 0.29) is 0 Å². The first-order valence-corrected chi connectivity index (χ1v) is 6.81. The van der Waals surface area contributed by atoms with Crippen LogP contribution in [0.2, 0.25) is 0 Å². The van der Waals surface area contributed by atoms with Crippen molar-refractivity contribution in [3.05, 3.63) is 0 Å². The van der Waals surface area contributed by atoms with Gasteiger partial charge in [-0.2, -0.15) is 0 Å². The lowest BCUT2D eigenvalue weighted by Gasteiger charge is -2.15. The highest BCUT2D eigenvalue weighted by Gasteiger charge is 2.25. The summed E-state index contributed by atoms with van der Waals surface area (Å²) in [5, 5.41) is 3.55. The summed E-state index contributed by atoms with van der Waals surface area (Å²) in [4.78, 5) is 2.68. The van der Waals surface area contributed by atoms with Gasteiger partial charge in [-0.15, -0.1) is 0 Å². The smallest absolute Gasteiger partial charge is 0.00223 e. The van der Waals surface area contributed by atoms with Crippen LogP contribution in [-0.2, 0) is 0 Å². The lowest BCUT2D eigenvalue weighted by Crippen LogP contribution is -2.27. The Balaban J connectivity index is 1.52. The third-order valence-electron chi connectivity index (χ3n) is 3.78. The Morgan fingerprint density at radius 2 is 2.07 bits per heavy atom. The number of nitrogens with zero attached hydrogens (tertiary/aromatic N) is 1. The molecule has 1 aliphatic carbocycles. The van der Waals surface area contributed by atoms with Crippen LogP contribution in [0.1, 0.15) is 39.0 Å². The van der Waals surface area contributed by atoms with E-state index < -0.39 is 0 Å². The average molecular weight is 210 g/mol. The summed E-state index contributed by atoms with van der Waals surface area (Å²) >= 11 is 0. The zero-order valence-corrected chi connectivity index (χ0v) is 10.2. The monoisotopic (exact) mass is 210 g/mol. The van der Waals surface area contributed by atoms with Gasteiger partial charge in [-0.3, -0.25) is 0 Å². The average Bonchev–Trinajstić information content (AvgIpc) is 2.97. The first-order valence-electron chi connectivity index (χ1n) is 6.81. The maximum atomic E-state index is 3.55. The normalized spacial score (nSPS) is 27.4. The molecule has 1 atom stereocenters. The van der Waals surface area contributed by atoms with Gasteiger partial charge in [0.2, 0.25) is 0 Å². The van der Waals surface area contributed by atoms with E-state index >= 15 is 0 Å². The third kappa shape index (κ3) is 4.12. The molecule has 1 unspecified atom stereocenters. The summed E-state index contributed by atoms with van der Waals surface area (Å²) in [5.74, 6) is 2.03. The van der Waals surface area contributed by atoms with Crippen molar-refractivity contribution in [2.75, 3.05) is 32.7 Å². The maximum Gasteiger partial charge on any atom is 0.00223 e. The van der Waals surface area contributed by atoms with Crippen molar-refractivity contribution < 1.29 is 0 Å². The summed E-state index contributed by atoms with van der Waals surface area (Å²) in [6, 6.07) is 0. The van der Waals surface area contributed by atoms with E-state index in [1.807, 2.05) is 0 Å². The van der Waals surface area contributed by atoms with Crippen molar-refractivity contribution in [2.45, 2.75) is 39.0 Å². The van der Waals surface area contributed by atoms with Crippen molar-refractivity contribution in [3.63, 3.8) is 0 Å². The quantitative estimate of drug-likeness (QED) is 0.647. The fourth-order valence-corrected chi connectivity index (χ4v) is 2.54. The minimum Gasteiger partial charge on any atom is -0.316 e. The van der Waals surface area contributed by atoms with E-state index in [0.717, 1.165) is 11.8 Å². The molecule has 15 heavy (non-hydrogen) atoms. The number of hydrogen-bond donors (Lipinski definition) is 1. The molecule has 88 valence electrons. The van der Waals surface area contributed by atoms with Crippen LogP contribution in [0.5, 0.6) is 0 Å². The molecule has 0 aromatic heterocycles. The molecule has 0 aromatic carbocycles. The van der Waals surface area contributed by atoms with Gasteiger partial charge in [-0.25, -0.2) is 0 Å². The summed E-state index contributed by atoms with van der Waals surface area (Å²) in [6.45, 7) is 8.75. The number of nitrogens with one attached hydrogen (secondary N) is 1. The van der Waals surface area contributed by atoms with Gasteiger partial charge in [0.15, 0.2) is 0 Å². The molecular weight excluding hydrogens is 184 g/mol. The minimum atomic E-state index is 0.927. The molecule has 1 saturated heterocycles. The number of rotatable bonds is 7. The van der Waals surface area contributed by atoms with E-state index in [1.165, 1.54) is 64.8 Å². The first kappa shape index (κ1) is 11.4. The minimum absolute atomic E-state index is 0.927. The summed E-state index contributed by atoms with van der Waals surface area (Å²) < 4.78 is 0. The molecule has 1 aliphatic heterocycles. The highest BCUT2D eigenvalue weighted by molar-refractivity contribution is 4.80. The molecule has 2 heteroatoms. The fraction of sp³-hybridized carbons (Fsp3) is 1.00. The zero-order valence-electron chi connectivity index (χ0n) is 10.2. The van der Waals surface area contributed by atoms with Gasteiger partial charge in [-0.05, 0) is 57.3 Å². The van der Waals surface area contributed by atoms with Crippen molar-refractivity contribution in [1.82, 2.24) is 10.2 Å². The zero-order chi connectivity index (χ0) is 10.5. The van der Waals surface area contributed by atoms with Gasteiger partial charge in [-0.1, -0.05) is 19.8 Å². The molecule has 1 saturated carbocycles. The van der Waals surface area contributed by atoms with E-state index in [4.69, 9.17) is 0 Å². The lowest BCUT2D eigenvalue weighted by atomic mass is 10.1. The Bertz CT molecular complexity index is 177. The van der Waals surface area contributed by atoms with E-state index in [9.17, 15) is 0 Å². The number of likely N-dealkylation sites (tertiary alicyclic amines) is 1. The maximum absolute atomic E-state index is 3.55. The van der Waals surface area contributed by atoms with Gasteiger partial charge >= 0.3 is 0 Å². The van der Waals surface area contributed by atoms with Crippen LogP contribution in [0.4, 0.5) is 0 Å². The van der Waals surface area contributed by atoms with Gasteiger partial charge in [0.05, 0.1) is 0 Å². The standard InChI is InChI=1S/C13H26N2/c1-2-7-14-10-13-6-9-15(11-13)8-5-12-3-4-12/h12-14H,2-11H2,1H3. The largest absolute Gasteiger partial charge is 0.316 e. The number of hydrogen-bond acceptors (Lipinski definition) is 2. The molecule has 2 fully saturated rings. The molecule has 0 spiro atoms. The Hall–Kier alpha value is -0.0800. The Kier molecular flexibility index (Phi) is 4.45. The topological polar surface area (TPSA) is 15.3 Å². The van der Waals surface area contributed by atoms with Gasteiger partial charge < -0.3 is 10.2 Å². The molecule has 0 aromatic rings. The van der Waals surface area contributed by atoms with E-state index in [2.05, 4.69) is 17.1 Å². The Morgan fingerprint density at radius 1 is 1.20 bits per heavy atom. The summed E-state index contributed by atoms with van der Waals surface area (Å²) in [5.41, 5.74) is 0. The molecular formula is C13H26N2. The SMILES string of the molecule is CCCNCC1CCN(CCC2CC2)C1. The Morgan fingerprint density at radius 3 is 2.80 bits per heavy atom. The highest BCUT2D eigenvalue weighted by Crippen LogP contribution is 2.32. The summed E-state index contributed by atoms with van der Waals surface area (Å²) in [7, 11) is 0. The van der Waals surface area contributed by atoms with Crippen molar-refractivity contribution in [2.24, 2.45) is 11.8 Å². The van der Waals surface area contributed by atoms with Gasteiger partial charge in [0.25, 0.3) is 0 Å². The van der Waals surface area contributed by atoms with Gasteiger partial charge in [0.1, 0.15) is 0 Å². The van der Waals surface area contributed by atoms with E-state index in [0.29, 0.717) is 0 Å². The predicted molar refractivity (Wildman–Crippen MR) is 65.0 cm³/mol. The molecule has 1 N–H and O–H groups in total. The second-order valence-electron chi connectivity index (χ2n) is 5.39. The van der Waals surface area contributed by atoms with Crippen LogP contribution < -0.4 is 5.32 Å². The molecule has 0 bridgehead atoms. The van der Waals surface area contributed by atoms with Crippen LogP contribution in [0.3, 0.4) is 0 Å². The van der Waals surface area contributed by atoms with Crippen LogP contribution in [0, 0.1) is 11.8 Å². The molecule has 2 nitrogen and oxygen atoms in total. The Labute approximate surface area is 94.4 Å². The van der Waals surface area contributed by atoms with Crippen LogP contribution in [-0.4, -0.2) is 37.6 Å².